The van der Waals surface area contributed by atoms with E-state index in [1.807, 2.05) is 23.1 Å². The molecule has 24 heavy (non-hydrogen) atoms. The molecule has 0 aromatic heterocycles. The Kier molecular flexibility index (Phi) is 4.38. The van der Waals surface area contributed by atoms with Gasteiger partial charge in [0.2, 0.25) is 0 Å². The lowest BCUT2D eigenvalue weighted by molar-refractivity contribution is 0.0621. The molecule has 0 aliphatic carbocycles. The lowest BCUT2D eigenvalue weighted by Gasteiger charge is -2.35. The van der Waals surface area contributed by atoms with Crippen molar-refractivity contribution in [1.29, 1.82) is 0 Å². The molecular formula is C20H21NO3. The second-order valence-electron chi connectivity index (χ2n) is 6.60. The molecule has 1 N–H and O–H groups in total. The number of carbonyl (C=O) groups is 2. The summed E-state index contributed by atoms with van der Waals surface area (Å²) in [4.78, 5) is 25.8. The summed E-state index contributed by atoms with van der Waals surface area (Å²) in [5.41, 5.74) is 1.76. The predicted octanol–water partition coefficient (Wildman–Crippen LogP) is 3.62. The summed E-state index contributed by atoms with van der Waals surface area (Å²) in [6.07, 6.45) is 2.79. The van der Waals surface area contributed by atoms with Crippen molar-refractivity contribution >= 4 is 11.9 Å². The van der Waals surface area contributed by atoms with Gasteiger partial charge >= 0.3 is 5.97 Å². The summed E-state index contributed by atoms with van der Waals surface area (Å²) in [6.45, 7) is 2.87. The lowest BCUT2D eigenvalue weighted by Crippen LogP contribution is -2.46. The van der Waals surface area contributed by atoms with Crippen LogP contribution in [0.2, 0.25) is 0 Å². The maximum atomic E-state index is 12.9. The minimum absolute atomic E-state index is 0.0251. The van der Waals surface area contributed by atoms with Crippen LogP contribution in [0.1, 0.15) is 46.0 Å². The molecule has 1 fully saturated rings. The molecule has 1 aliphatic heterocycles. The first-order valence-electron chi connectivity index (χ1n) is 8.19. The van der Waals surface area contributed by atoms with Gasteiger partial charge in [0.05, 0.1) is 5.56 Å². The molecule has 1 aliphatic rings. The van der Waals surface area contributed by atoms with E-state index in [2.05, 4.69) is 19.1 Å². The highest BCUT2D eigenvalue weighted by Gasteiger charge is 2.39. The Balaban J connectivity index is 1.81. The summed E-state index contributed by atoms with van der Waals surface area (Å²) >= 11 is 0. The van der Waals surface area contributed by atoms with E-state index >= 15 is 0 Å². The van der Waals surface area contributed by atoms with Crippen molar-refractivity contribution in [2.75, 3.05) is 6.54 Å². The quantitative estimate of drug-likeness (QED) is 0.935. The monoisotopic (exact) mass is 323 g/mol. The van der Waals surface area contributed by atoms with Gasteiger partial charge in [-0.25, -0.2) is 4.79 Å². The average Bonchev–Trinajstić information content (AvgIpc) is 2.96. The number of nitrogens with zero attached hydrogens (tertiary/aromatic N) is 1. The van der Waals surface area contributed by atoms with Gasteiger partial charge in [-0.1, -0.05) is 30.3 Å². The van der Waals surface area contributed by atoms with Crippen molar-refractivity contribution in [3.05, 3.63) is 71.3 Å². The van der Waals surface area contributed by atoms with E-state index in [1.165, 1.54) is 17.7 Å². The molecule has 1 atom stereocenters. The van der Waals surface area contributed by atoms with Gasteiger partial charge in [0.15, 0.2) is 0 Å². The standard InChI is InChI=1S/C20H21NO3/c1-20(14-15-6-3-2-4-7-15)12-5-13-21(20)18(22)16-8-10-17(11-9-16)19(23)24/h2-4,6-11H,5,12-14H2,1H3,(H,23,24). The molecule has 1 saturated heterocycles. The average molecular weight is 323 g/mol. The van der Waals surface area contributed by atoms with Crippen LogP contribution in [0, 0.1) is 0 Å². The molecule has 0 bridgehead atoms. The molecule has 1 heterocycles. The van der Waals surface area contributed by atoms with Crippen molar-refractivity contribution in [2.24, 2.45) is 0 Å². The summed E-state index contributed by atoms with van der Waals surface area (Å²) in [6, 6.07) is 16.4. The van der Waals surface area contributed by atoms with E-state index in [9.17, 15) is 9.59 Å². The second-order valence-corrected chi connectivity index (χ2v) is 6.60. The largest absolute Gasteiger partial charge is 0.478 e. The third-order valence-electron chi connectivity index (χ3n) is 4.80. The van der Waals surface area contributed by atoms with Gasteiger partial charge in [-0.2, -0.15) is 0 Å². The number of aromatic carboxylic acids is 1. The number of amides is 1. The molecular weight excluding hydrogens is 302 g/mol. The zero-order chi connectivity index (χ0) is 17.2. The van der Waals surface area contributed by atoms with Crippen LogP contribution in [0.4, 0.5) is 0 Å². The third-order valence-corrected chi connectivity index (χ3v) is 4.80. The maximum absolute atomic E-state index is 12.9. The summed E-state index contributed by atoms with van der Waals surface area (Å²) in [7, 11) is 0. The number of hydrogen-bond donors (Lipinski definition) is 1. The number of carboxylic acid groups (broad SMARTS) is 1. The fourth-order valence-corrected chi connectivity index (χ4v) is 3.50. The first kappa shape index (κ1) is 16.2. The summed E-state index contributed by atoms with van der Waals surface area (Å²) < 4.78 is 0. The van der Waals surface area contributed by atoms with Crippen LogP contribution in [0.3, 0.4) is 0 Å². The number of likely N-dealkylation sites (tertiary alicyclic amines) is 1. The Bertz CT molecular complexity index is 739. The highest BCUT2D eigenvalue weighted by molar-refractivity contribution is 5.96. The Labute approximate surface area is 141 Å². The summed E-state index contributed by atoms with van der Waals surface area (Å²) in [5.74, 6) is -1.01. The molecule has 4 nitrogen and oxygen atoms in total. The summed E-state index contributed by atoms with van der Waals surface area (Å²) in [5, 5.41) is 8.98. The second kappa shape index (κ2) is 6.48. The molecule has 124 valence electrons. The predicted molar refractivity (Wildman–Crippen MR) is 92.2 cm³/mol. The highest BCUT2D eigenvalue weighted by Crippen LogP contribution is 2.33. The molecule has 4 heteroatoms. The molecule has 3 rings (SSSR count). The van der Waals surface area contributed by atoms with Crippen molar-refractivity contribution in [3.8, 4) is 0 Å². The van der Waals surface area contributed by atoms with Crippen LogP contribution in [0.25, 0.3) is 0 Å². The minimum atomic E-state index is -0.982. The SMILES string of the molecule is CC1(Cc2ccccc2)CCCN1C(=O)c1ccc(C(=O)O)cc1. The Morgan fingerprint density at radius 1 is 1.04 bits per heavy atom. The van der Waals surface area contributed by atoms with E-state index < -0.39 is 5.97 Å². The molecule has 0 saturated carbocycles. The Hall–Kier alpha value is -2.62. The first-order chi connectivity index (χ1) is 11.5. The van der Waals surface area contributed by atoms with Crippen molar-refractivity contribution < 1.29 is 14.7 Å². The van der Waals surface area contributed by atoms with Crippen LogP contribution in [-0.4, -0.2) is 34.0 Å². The number of hydrogen-bond acceptors (Lipinski definition) is 2. The van der Waals surface area contributed by atoms with Crippen LogP contribution in [0.5, 0.6) is 0 Å². The van der Waals surface area contributed by atoms with Gasteiger partial charge < -0.3 is 10.0 Å². The fourth-order valence-electron chi connectivity index (χ4n) is 3.50. The molecule has 2 aromatic carbocycles. The number of rotatable bonds is 4. The van der Waals surface area contributed by atoms with Crippen molar-refractivity contribution in [3.63, 3.8) is 0 Å². The zero-order valence-electron chi connectivity index (χ0n) is 13.7. The lowest BCUT2D eigenvalue weighted by atomic mass is 9.89. The van der Waals surface area contributed by atoms with Crippen LogP contribution in [0.15, 0.2) is 54.6 Å². The van der Waals surface area contributed by atoms with E-state index in [0.29, 0.717) is 5.56 Å². The molecule has 0 spiro atoms. The van der Waals surface area contributed by atoms with Crippen molar-refractivity contribution in [1.82, 2.24) is 4.90 Å². The van der Waals surface area contributed by atoms with E-state index in [1.54, 1.807) is 12.1 Å². The number of carboxylic acids is 1. The molecule has 2 aromatic rings. The van der Waals surface area contributed by atoms with Gasteiger partial charge in [-0.05, 0) is 56.0 Å². The van der Waals surface area contributed by atoms with Gasteiger partial charge in [-0.15, -0.1) is 0 Å². The molecule has 1 amide bonds. The number of carbonyl (C=O) groups excluding carboxylic acids is 1. The first-order valence-corrected chi connectivity index (χ1v) is 8.19. The van der Waals surface area contributed by atoms with E-state index in [4.69, 9.17) is 5.11 Å². The third kappa shape index (κ3) is 3.18. The van der Waals surface area contributed by atoms with Crippen LogP contribution in [-0.2, 0) is 6.42 Å². The smallest absolute Gasteiger partial charge is 0.335 e. The normalized spacial score (nSPS) is 20.1. The van der Waals surface area contributed by atoms with Gasteiger partial charge in [0, 0.05) is 17.6 Å². The molecule has 0 radical (unpaired) electrons. The van der Waals surface area contributed by atoms with Gasteiger partial charge in [0.25, 0.3) is 5.91 Å². The Morgan fingerprint density at radius 2 is 1.67 bits per heavy atom. The maximum Gasteiger partial charge on any atom is 0.335 e. The van der Waals surface area contributed by atoms with Gasteiger partial charge in [0.1, 0.15) is 0 Å². The fraction of sp³-hybridized carbons (Fsp3) is 0.300. The minimum Gasteiger partial charge on any atom is -0.478 e. The molecule has 1 unspecified atom stereocenters. The Morgan fingerprint density at radius 3 is 2.29 bits per heavy atom. The van der Waals surface area contributed by atoms with Gasteiger partial charge in [-0.3, -0.25) is 4.79 Å². The van der Waals surface area contributed by atoms with E-state index in [-0.39, 0.29) is 17.0 Å². The van der Waals surface area contributed by atoms with Crippen LogP contribution >= 0.6 is 0 Å². The number of benzene rings is 2. The zero-order valence-corrected chi connectivity index (χ0v) is 13.7. The topological polar surface area (TPSA) is 57.6 Å². The van der Waals surface area contributed by atoms with Crippen LogP contribution < -0.4 is 0 Å². The highest BCUT2D eigenvalue weighted by atomic mass is 16.4. The van der Waals surface area contributed by atoms with Crippen molar-refractivity contribution in [2.45, 2.75) is 31.7 Å². The van der Waals surface area contributed by atoms with E-state index in [0.717, 1.165) is 25.8 Å².